The molecule has 1 aromatic heterocycles. The average molecular weight is 485 g/mol. The molecule has 4 aromatic rings. The van der Waals surface area contributed by atoms with E-state index < -0.39 is 29.8 Å². The van der Waals surface area contributed by atoms with Crippen LogP contribution in [0.5, 0.6) is 5.75 Å². The number of benzene rings is 3. The van der Waals surface area contributed by atoms with Crippen LogP contribution >= 0.6 is 0 Å². The molecule has 4 rings (SSSR count). The van der Waals surface area contributed by atoms with Crippen molar-refractivity contribution in [2.24, 2.45) is 0 Å². The fourth-order valence-electron chi connectivity index (χ4n) is 3.82. The Balaban J connectivity index is 1.67. The first kappa shape index (κ1) is 24.3. The van der Waals surface area contributed by atoms with Gasteiger partial charge in [0.15, 0.2) is 0 Å². The molecule has 1 heterocycles. The quantitative estimate of drug-likeness (QED) is 0.332. The Bertz CT molecular complexity index is 1360. The summed E-state index contributed by atoms with van der Waals surface area (Å²) < 4.78 is 61.8. The fraction of sp³-hybridized carbons (Fsp3) is 0.231. The van der Waals surface area contributed by atoms with Crippen LogP contribution in [0.3, 0.4) is 0 Å². The summed E-state index contributed by atoms with van der Waals surface area (Å²) in [5.41, 5.74) is 2.50. The van der Waals surface area contributed by atoms with Crippen LogP contribution in [0.1, 0.15) is 31.1 Å². The molecular formula is C26H23F4N3O2. The van der Waals surface area contributed by atoms with Crippen molar-refractivity contribution in [3.8, 4) is 11.4 Å². The van der Waals surface area contributed by atoms with Gasteiger partial charge in [-0.05, 0) is 79.6 Å². The number of hydrogen-bond acceptors (Lipinski definition) is 3. The van der Waals surface area contributed by atoms with Gasteiger partial charge >= 0.3 is 5.92 Å². The highest BCUT2D eigenvalue weighted by Crippen LogP contribution is 2.31. The smallest absolute Gasteiger partial charge is 0.321 e. The number of alkyl halides is 2. The summed E-state index contributed by atoms with van der Waals surface area (Å²) in [7, 11) is 0. The second kappa shape index (κ2) is 9.40. The third-order valence-electron chi connectivity index (χ3n) is 5.62. The highest BCUT2D eigenvalue weighted by atomic mass is 19.3. The number of aromatic nitrogens is 2. The molecule has 0 saturated heterocycles. The maximum Gasteiger partial charge on any atom is 0.321 e. The molecular weight excluding hydrogens is 462 g/mol. The molecule has 5 nitrogen and oxygen atoms in total. The number of halogens is 4. The van der Waals surface area contributed by atoms with Gasteiger partial charge < -0.3 is 10.1 Å². The van der Waals surface area contributed by atoms with Gasteiger partial charge in [-0.3, -0.25) is 4.79 Å². The molecule has 0 unspecified atom stereocenters. The minimum absolute atomic E-state index is 0.356. The number of aryl methyl sites for hydroxylation is 1. The molecule has 0 saturated carbocycles. The Morgan fingerprint density at radius 2 is 1.71 bits per heavy atom. The SMILES string of the molecule is Cc1cc(F)ccc1[C@H](Oc1ccc2c(cnn2-c2ccc(F)cc2)c1)[C@H](C)NC(=O)C(C)(F)F. The topological polar surface area (TPSA) is 56.1 Å². The summed E-state index contributed by atoms with van der Waals surface area (Å²) in [5.74, 6) is -5.41. The summed E-state index contributed by atoms with van der Waals surface area (Å²) in [4.78, 5) is 11.9. The molecule has 1 N–H and O–H groups in total. The van der Waals surface area contributed by atoms with Crippen molar-refractivity contribution in [3.63, 3.8) is 0 Å². The lowest BCUT2D eigenvalue weighted by Gasteiger charge is -2.28. The first-order chi connectivity index (χ1) is 16.5. The lowest BCUT2D eigenvalue weighted by Crippen LogP contribution is -2.46. The van der Waals surface area contributed by atoms with E-state index in [9.17, 15) is 22.4 Å². The molecule has 0 aliphatic rings. The average Bonchev–Trinajstić information content (AvgIpc) is 3.21. The number of hydrogen-bond donors (Lipinski definition) is 1. The van der Waals surface area contributed by atoms with Crippen LogP contribution in [0.2, 0.25) is 0 Å². The zero-order valence-electron chi connectivity index (χ0n) is 19.2. The highest BCUT2D eigenvalue weighted by molar-refractivity contribution is 5.83. The third-order valence-corrected chi connectivity index (χ3v) is 5.62. The van der Waals surface area contributed by atoms with Crippen LogP contribution in [0, 0.1) is 18.6 Å². The van der Waals surface area contributed by atoms with Gasteiger partial charge in [0.1, 0.15) is 23.5 Å². The molecule has 0 spiro atoms. The van der Waals surface area contributed by atoms with E-state index >= 15 is 0 Å². The van der Waals surface area contributed by atoms with E-state index in [2.05, 4.69) is 10.4 Å². The van der Waals surface area contributed by atoms with Gasteiger partial charge in [-0.15, -0.1) is 0 Å². The van der Waals surface area contributed by atoms with Crippen LogP contribution in [-0.2, 0) is 4.79 Å². The maximum atomic E-state index is 13.7. The summed E-state index contributed by atoms with van der Waals surface area (Å²) in [6, 6.07) is 14.2. The van der Waals surface area contributed by atoms with E-state index in [1.54, 1.807) is 55.1 Å². The maximum absolute atomic E-state index is 13.7. The molecule has 2 atom stereocenters. The minimum atomic E-state index is -3.56. The van der Waals surface area contributed by atoms with E-state index in [0.717, 1.165) is 10.9 Å². The van der Waals surface area contributed by atoms with Gasteiger partial charge in [-0.1, -0.05) is 6.07 Å². The Hall–Kier alpha value is -3.88. The van der Waals surface area contributed by atoms with E-state index in [1.807, 2.05) is 0 Å². The van der Waals surface area contributed by atoms with Gasteiger partial charge in [0.2, 0.25) is 0 Å². The predicted octanol–water partition coefficient (Wildman–Crippen LogP) is 5.89. The Labute approximate surface area is 199 Å². The van der Waals surface area contributed by atoms with Crippen LogP contribution in [-0.4, -0.2) is 27.7 Å². The van der Waals surface area contributed by atoms with Crippen molar-refractivity contribution in [2.75, 3.05) is 0 Å². The van der Waals surface area contributed by atoms with Crippen molar-refractivity contribution < 1.29 is 27.1 Å². The Morgan fingerprint density at radius 1 is 1.03 bits per heavy atom. The Kier molecular flexibility index (Phi) is 6.51. The number of amides is 1. The van der Waals surface area contributed by atoms with Gasteiger partial charge in [0.25, 0.3) is 5.91 Å². The van der Waals surface area contributed by atoms with E-state index in [0.29, 0.717) is 29.5 Å². The Morgan fingerprint density at radius 3 is 2.37 bits per heavy atom. The lowest BCUT2D eigenvalue weighted by atomic mass is 9.98. The largest absolute Gasteiger partial charge is 0.484 e. The van der Waals surface area contributed by atoms with Crippen LogP contribution < -0.4 is 10.1 Å². The molecule has 0 aliphatic heterocycles. The van der Waals surface area contributed by atoms with Gasteiger partial charge in [-0.2, -0.15) is 13.9 Å². The fourth-order valence-corrected chi connectivity index (χ4v) is 3.82. The van der Waals surface area contributed by atoms with Crippen LogP contribution in [0.15, 0.2) is 66.9 Å². The zero-order valence-corrected chi connectivity index (χ0v) is 19.2. The predicted molar refractivity (Wildman–Crippen MR) is 124 cm³/mol. The molecule has 3 aromatic carbocycles. The van der Waals surface area contributed by atoms with Crippen LogP contribution in [0.4, 0.5) is 17.6 Å². The molecule has 35 heavy (non-hydrogen) atoms. The number of fused-ring (bicyclic) bond motifs is 1. The summed E-state index contributed by atoms with van der Waals surface area (Å²) in [6.07, 6.45) is 0.735. The molecule has 0 radical (unpaired) electrons. The molecule has 0 aliphatic carbocycles. The number of carbonyl (C=O) groups is 1. The zero-order chi connectivity index (χ0) is 25.3. The third kappa shape index (κ3) is 5.29. The number of nitrogens with one attached hydrogen (secondary N) is 1. The number of nitrogens with zero attached hydrogens (tertiary/aromatic N) is 2. The van der Waals surface area contributed by atoms with Crippen molar-refractivity contribution in [3.05, 3.63) is 89.6 Å². The standard InChI is InChI=1S/C26H23F4N3O2/c1-15-12-19(28)6-10-22(15)24(16(2)32-25(34)26(3,29)30)35-21-9-11-23-17(13-21)14-31-33(23)20-7-4-18(27)5-8-20/h4-14,16,24H,1-3H3,(H,32,34)/t16-,24+/m0/s1. The number of carbonyl (C=O) groups excluding carboxylic acids is 1. The molecule has 0 fully saturated rings. The molecule has 0 bridgehead atoms. The van der Waals surface area contributed by atoms with E-state index in [1.165, 1.54) is 30.3 Å². The molecule has 9 heteroatoms. The first-order valence-electron chi connectivity index (χ1n) is 10.9. The van der Waals surface area contributed by atoms with Crippen molar-refractivity contribution in [1.82, 2.24) is 15.1 Å². The van der Waals surface area contributed by atoms with Crippen LogP contribution in [0.25, 0.3) is 16.6 Å². The first-order valence-corrected chi connectivity index (χ1v) is 10.9. The monoisotopic (exact) mass is 485 g/mol. The van der Waals surface area contributed by atoms with Gasteiger partial charge in [0.05, 0.1) is 23.4 Å². The summed E-state index contributed by atoms with van der Waals surface area (Å²) in [6.45, 7) is 3.73. The minimum Gasteiger partial charge on any atom is -0.484 e. The number of rotatable bonds is 7. The van der Waals surface area contributed by atoms with E-state index in [4.69, 9.17) is 4.74 Å². The second-order valence-electron chi connectivity index (χ2n) is 8.44. The molecule has 182 valence electrons. The highest BCUT2D eigenvalue weighted by Gasteiger charge is 2.35. The van der Waals surface area contributed by atoms with Gasteiger partial charge in [0, 0.05) is 12.3 Å². The van der Waals surface area contributed by atoms with Gasteiger partial charge in [-0.25, -0.2) is 13.5 Å². The van der Waals surface area contributed by atoms with E-state index in [-0.39, 0.29) is 5.82 Å². The lowest BCUT2D eigenvalue weighted by molar-refractivity contribution is -0.144. The van der Waals surface area contributed by atoms with Crippen molar-refractivity contribution in [1.29, 1.82) is 0 Å². The normalized spacial score (nSPS) is 13.5. The molecule has 1 amide bonds. The summed E-state index contributed by atoms with van der Waals surface area (Å²) in [5, 5.41) is 7.37. The van der Waals surface area contributed by atoms with Crippen molar-refractivity contribution in [2.45, 2.75) is 38.8 Å². The van der Waals surface area contributed by atoms with Crippen molar-refractivity contribution >= 4 is 16.8 Å². The second-order valence-corrected chi connectivity index (χ2v) is 8.44. The number of ether oxygens (including phenoxy) is 1. The summed E-state index contributed by atoms with van der Waals surface area (Å²) >= 11 is 0.